The van der Waals surface area contributed by atoms with Crippen LogP contribution in [0.2, 0.25) is 5.02 Å². The quantitative estimate of drug-likeness (QED) is 0.593. The topological polar surface area (TPSA) is 72.6 Å². The molecular weight excluding hydrogens is 412 g/mol. The largest absolute Gasteiger partial charge is 0.462 e. The van der Waals surface area contributed by atoms with Gasteiger partial charge in [-0.05, 0) is 80.5 Å². The number of ether oxygens (including phenoxy) is 1. The van der Waals surface area contributed by atoms with Crippen LogP contribution in [-0.2, 0) is 9.53 Å². The van der Waals surface area contributed by atoms with E-state index in [0.29, 0.717) is 23.2 Å². The lowest BCUT2D eigenvalue weighted by molar-refractivity contribution is -0.119. The van der Waals surface area contributed by atoms with Crippen molar-refractivity contribution in [3.8, 4) is 0 Å². The van der Waals surface area contributed by atoms with Crippen molar-refractivity contribution in [1.82, 2.24) is 0 Å². The number of carbonyl (C=O) groups excluding carboxylic acids is 2. The molecule has 5 nitrogen and oxygen atoms in total. The number of esters is 1. The van der Waals surface area contributed by atoms with Gasteiger partial charge in [-0.1, -0.05) is 30.7 Å². The van der Waals surface area contributed by atoms with Crippen LogP contribution in [0.4, 0.5) is 5.69 Å². The molecular formula is C25H31ClN2O3. The summed E-state index contributed by atoms with van der Waals surface area (Å²) in [4.78, 5) is 26.9. The van der Waals surface area contributed by atoms with Gasteiger partial charge in [-0.2, -0.15) is 0 Å². The van der Waals surface area contributed by atoms with E-state index in [1.165, 1.54) is 6.42 Å². The summed E-state index contributed by atoms with van der Waals surface area (Å²) in [7, 11) is 0. The Hall–Kier alpha value is -2.53. The second-order valence-electron chi connectivity index (χ2n) is 8.25. The summed E-state index contributed by atoms with van der Waals surface area (Å²) in [5.74, 6) is -1.52. The average molecular weight is 443 g/mol. The van der Waals surface area contributed by atoms with Crippen LogP contribution in [0.15, 0.2) is 42.5 Å². The highest BCUT2D eigenvalue weighted by atomic mass is 35.5. The van der Waals surface area contributed by atoms with E-state index < -0.39 is 11.8 Å². The zero-order chi connectivity index (χ0) is 22.5. The molecule has 2 aromatic rings. The number of primary amides is 1. The summed E-state index contributed by atoms with van der Waals surface area (Å²) in [6.45, 7) is 7.31. The highest BCUT2D eigenvalue weighted by Crippen LogP contribution is 2.40. The van der Waals surface area contributed by atoms with Crippen LogP contribution in [-0.4, -0.2) is 31.1 Å². The van der Waals surface area contributed by atoms with E-state index in [1.54, 1.807) is 31.2 Å². The molecule has 0 aliphatic carbocycles. The lowest BCUT2D eigenvalue weighted by atomic mass is 9.80. The summed E-state index contributed by atoms with van der Waals surface area (Å²) >= 11 is 6.37. The molecule has 3 unspecified atom stereocenters. The lowest BCUT2D eigenvalue weighted by Crippen LogP contribution is -2.38. The summed E-state index contributed by atoms with van der Waals surface area (Å²) < 4.78 is 5.05. The number of nitrogens with two attached hydrogens (primary N) is 1. The molecule has 166 valence electrons. The molecule has 31 heavy (non-hydrogen) atoms. The smallest absolute Gasteiger partial charge is 0.338 e. The van der Waals surface area contributed by atoms with E-state index >= 15 is 0 Å². The first-order valence-electron chi connectivity index (χ1n) is 11.0. The van der Waals surface area contributed by atoms with E-state index in [1.807, 2.05) is 19.1 Å². The van der Waals surface area contributed by atoms with Gasteiger partial charge >= 0.3 is 5.97 Å². The number of halogens is 1. The van der Waals surface area contributed by atoms with Crippen LogP contribution in [0.1, 0.15) is 73.4 Å². The normalized spacial score (nSPS) is 18.3. The summed E-state index contributed by atoms with van der Waals surface area (Å²) in [5, 5.41) is 0.635. The standard InChI is InChI=1S/C25H31ClN2O3/c1-4-31-25(30)19-10-8-18(9-11-19)23(24(27)29)17(3)21-15-20(26)12-13-22(21)28-14-6-5-7-16(28)2/h8-13,15-17,23H,4-7,14H2,1-3H3,(H2,27,29). The SMILES string of the molecule is CCOC(=O)c1ccc(C(C(N)=O)C(C)c2cc(Cl)ccc2N2CCCCC2C)cc1. The number of rotatable bonds is 7. The van der Waals surface area contributed by atoms with Crippen molar-refractivity contribution in [2.45, 2.75) is 57.9 Å². The fraction of sp³-hybridized carbons (Fsp3) is 0.440. The Bertz CT molecular complexity index is 929. The molecule has 3 rings (SSSR count). The third-order valence-corrected chi connectivity index (χ3v) is 6.42. The van der Waals surface area contributed by atoms with E-state index in [0.717, 1.165) is 36.2 Å². The second-order valence-corrected chi connectivity index (χ2v) is 8.69. The first-order chi connectivity index (χ1) is 14.8. The van der Waals surface area contributed by atoms with Crippen molar-refractivity contribution in [3.63, 3.8) is 0 Å². The second kappa shape index (κ2) is 10.2. The number of hydrogen-bond donors (Lipinski definition) is 1. The van der Waals surface area contributed by atoms with Gasteiger partial charge in [0.1, 0.15) is 0 Å². The predicted octanol–water partition coefficient (Wildman–Crippen LogP) is 5.27. The Morgan fingerprint density at radius 2 is 1.90 bits per heavy atom. The maximum absolute atomic E-state index is 12.6. The van der Waals surface area contributed by atoms with Crippen molar-refractivity contribution in [1.29, 1.82) is 0 Å². The molecule has 1 fully saturated rings. The van der Waals surface area contributed by atoms with Gasteiger partial charge in [0.05, 0.1) is 18.1 Å². The molecule has 1 heterocycles. The predicted molar refractivity (Wildman–Crippen MR) is 125 cm³/mol. The van der Waals surface area contributed by atoms with Crippen molar-refractivity contribution in [2.24, 2.45) is 5.73 Å². The Kier molecular flexibility index (Phi) is 7.60. The molecule has 6 heteroatoms. The number of carbonyl (C=O) groups is 2. The molecule has 0 saturated carbocycles. The van der Waals surface area contributed by atoms with Crippen LogP contribution in [0.25, 0.3) is 0 Å². The van der Waals surface area contributed by atoms with E-state index in [2.05, 4.69) is 17.9 Å². The summed E-state index contributed by atoms with van der Waals surface area (Å²) in [5.41, 5.74) is 9.21. The van der Waals surface area contributed by atoms with Gasteiger partial charge < -0.3 is 15.4 Å². The first-order valence-corrected chi connectivity index (χ1v) is 11.3. The van der Waals surface area contributed by atoms with Crippen LogP contribution in [0.5, 0.6) is 0 Å². The maximum Gasteiger partial charge on any atom is 0.338 e. The van der Waals surface area contributed by atoms with E-state index in [-0.39, 0.29) is 11.9 Å². The third-order valence-electron chi connectivity index (χ3n) is 6.18. The lowest BCUT2D eigenvalue weighted by Gasteiger charge is -2.38. The first kappa shape index (κ1) is 23.1. The van der Waals surface area contributed by atoms with Gasteiger partial charge in [-0.25, -0.2) is 4.79 Å². The van der Waals surface area contributed by atoms with Gasteiger partial charge in [0.15, 0.2) is 0 Å². The van der Waals surface area contributed by atoms with Gasteiger partial charge in [0.2, 0.25) is 5.91 Å². The number of anilines is 1. The van der Waals surface area contributed by atoms with E-state index in [9.17, 15) is 9.59 Å². The summed E-state index contributed by atoms with van der Waals surface area (Å²) in [6, 6.07) is 13.3. The van der Waals surface area contributed by atoms with Crippen molar-refractivity contribution >= 4 is 29.2 Å². The van der Waals surface area contributed by atoms with Crippen LogP contribution >= 0.6 is 11.6 Å². The Morgan fingerprint density at radius 3 is 2.52 bits per heavy atom. The molecule has 1 aliphatic heterocycles. The van der Waals surface area contributed by atoms with Crippen molar-refractivity contribution in [2.75, 3.05) is 18.1 Å². The molecule has 1 aliphatic rings. The molecule has 0 radical (unpaired) electrons. The van der Waals surface area contributed by atoms with Crippen LogP contribution < -0.4 is 10.6 Å². The van der Waals surface area contributed by atoms with Gasteiger partial charge in [-0.15, -0.1) is 0 Å². The molecule has 1 saturated heterocycles. The van der Waals surface area contributed by atoms with Crippen LogP contribution in [0, 0.1) is 0 Å². The molecule has 0 bridgehead atoms. The fourth-order valence-electron chi connectivity index (χ4n) is 4.53. The molecule has 2 N–H and O–H groups in total. The average Bonchev–Trinajstić information content (AvgIpc) is 2.75. The van der Waals surface area contributed by atoms with Crippen molar-refractivity contribution < 1.29 is 14.3 Å². The minimum atomic E-state index is -0.548. The van der Waals surface area contributed by atoms with E-state index in [4.69, 9.17) is 22.1 Å². The van der Waals surface area contributed by atoms with Gasteiger partial charge in [0.25, 0.3) is 0 Å². The number of hydrogen-bond acceptors (Lipinski definition) is 4. The minimum absolute atomic E-state index is 0.186. The van der Waals surface area contributed by atoms with Crippen molar-refractivity contribution in [3.05, 3.63) is 64.2 Å². The molecule has 0 spiro atoms. The number of nitrogens with zero attached hydrogens (tertiary/aromatic N) is 1. The molecule has 2 aromatic carbocycles. The summed E-state index contributed by atoms with van der Waals surface area (Å²) in [6.07, 6.45) is 3.52. The molecule has 0 aromatic heterocycles. The molecule has 3 atom stereocenters. The monoisotopic (exact) mass is 442 g/mol. The number of piperidine rings is 1. The molecule has 1 amide bonds. The van der Waals surface area contributed by atoms with Gasteiger partial charge in [0, 0.05) is 23.3 Å². The maximum atomic E-state index is 12.6. The number of amides is 1. The zero-order valence-electron chi connectivity index (χ0n) is 18.4. The highest BCUT2D eigenvalue weighted by molar-refractivity contribution is 6.30. The Labute approximate surface area is 189 Å². The number of benzene rings is 2. The van der Waals surface area contributed by atoms with Gasteiger partial charge in [-0.3, -0.25) is 4.79 Å². The Morgan fingerprint density at radius 1 is 1.19 bits per heavy atom. The van der Waals surface area contributed by atoms with Crippen LogP contribution in [0.3, 0.4) is 0 Å². The fourth-order valence-corrected chi connectivity index (χ4v) is 4.71. The highest BCUT2D eigenvalue weighted by Gasteiger charge is 2.30. The zero-order valence-corrected chi connectivity index (χ0v) is 19.2. The third kappa shape index (κ3) is 5.21. The minimum Gasteiger partial charge on any atom is -0.462 e. The Balaban J connectivity index is 1.97.